The molecule has 132 valence electrons. The Morgan fingerprint density at radius 2 is 1.92 bits per heavy atom. The third kappa shape index (κ3) is 3.08. The van der Waals surface area contributed by atoms with Crippen molar-refractivity contribution >= 4 is 5.91 Å². The molecule has 0 atom stereocenters. The van der Waals surface area contributed by atoms with E-state index < -0.39 is 0 Å². The molecule has 25 heavy (non-hydrogen) atoms. The van der Waals surface area contributed by atoms with Crippen LogP contribution in [0, 0.1) is 5.92 Å². The Bertz CT molecular complexity index is 727. The van der Waals surface area contributed by atoms with Crippen molar-refractivity contribution < 1.29 is 4.79 Å². The van der Waals surface area contributed by atoms with Crippen LogP contribution in [-0.4, -0.2) is 38.7 Å². The molecule has 1 saturated heterocycles. The van der Waals surface area contributed by atoms with Crippen molar-refractivity contribution in [2.24, 2.45) is 5.92 Å². The zero-order valence-electron chi connectivity index (χ0n) is 14.9. The van der Waals surface area contributed by atoms with E-state index in [1.165, 1.54) is 5.56 Å². The molecule has 1 aromatic heterocycles. The molecule has 5 heteroatoms. The quantitative estimate of drug-likeness (QED) is 0.842. The molecule has 5 nitrogen and oxygen atoms in total. The highest BCUT2D eigenvalue weighted by Gasteiger charge is 2.53. The molecule has 1 aliphatic carbocycles. The maximum Gasteiger partial charge on any atom is 0.233 e. The summed E-state index contributed by atoms with van der Waals surface area (Å²) in [6.45, 7) is 4.78. The highest BCUT2D eigenvalue weighted by molar-refractivity contribution is 5.91. The largest absolute Gasteiger partial charge is 0.342 e. The SMILES string of the molecule is CCn1cnnc1CC1CCN(C(=O)C2(c3ccccc3)CC2)CC1. The fourth-order valence-corrected chi connectivity index (χ4v) is 4.11. The van der Waals surface area contributed by atoms with Gasteiger partial charge in [-0.2, -0.15) is 0 Å². The van der Waals surface area contributed by atoms with Gasteiger partial charge in [-0.3, -0.25) is 4.79 Å². The lowest BCUT2D eigenvalue weighted by molar-refractivity contribution is -0.135. The first kappa shape index (κ1) is 16.3. The van der Waals surface area contributed by atoms with E-state index in [4.69, 9.17) is 0 Å². The van der Waals surface area contributed by atoms with Crippen molar-refractivity contribution in [1.29, 1.82) is 0 Å². The summed E-state index contributed by atoms with van der Waals surface area (Å²) in [4.78, 5) is 15.2. The second-order valence-electron chi connectivity index (χ2n) is 7.42. The minimum absolute atomic E-state index is 0.226. The Balaban J connectivity index is 1.37. The number of nitrogens with zero attached hydrogens (tertiary/aromatic N) is 4. The molecular formula is C20H26N4O. The van der Waals surface area contributed by atoms with Crippen LogP contribution in [0.4, 0.5) is 0 Å². The number of aromatic nitrogens is 3. The summed E-state index contributed by atoms with van der Waals surface area (Å²) < 4.78 is 2.12. The van der Waals surface area contributed by atoms with Gasteiger partial charge in [0.05, 0.1) is 5.41 Å². The summed E-state index contributed by atoms with van der Waals surface area (Å²) in [5.41, 5.74) is 0.967. The molecule has 4 rings (SSSR count). The number of hydrogen-bond donors (Lipinski definition) is 0. The van der Waals surface area contributed by atoms with Crippen LogP contribution in [-0.2, 0) is 23.2 Å². The predicted octanol–water partition coefficient (Wildman–Crippen LogP) is 2.81. The van der Waals surface area contributed by atoms with Crippen molar-refractivity contribution in [3.8, 4) is 0 Å². The Morgan fingerprint density at radius 1 is 1.20 bits per heavy atom. The van der Waals surface area contributed by atoms with Crippen molar-refractivity contribution in [3.63, 3.8) is 0 Å². The minimum Gasteiger partial charge on any atom is -0.342 e. The maximum atomic E-state index is 13.1. The van der Waals surface area contributed by atoms with E-state index in [0.29, 0.717) is 11.8 Å². The molecular weight excluding hydrogens is 312 g/mol. The summed E-state index contributed by atoms with van der Waals surface area (Å²) in [6.07, 6.45) is 6.90. The molecule has 1 aromatic carbocycles. The van der Waals surface area contributed by atoms with Crippen LogP contribution in [0.15, 0.2) is 36.7 Å². The third-order valence-corrected chi connectivity index (χ3v) is 5.90. The van der Waals surface area contributed by atoms with Crippen LogP contribution in [0.3, 0.4) is 0 Å². The average Bonchev–Trinajstić information content (AvgIpc) is 3.36. The molecule has 1 saturated carbocycles. The van der Waals surface area contributed by atoms with Crippen LogP contribution >= 0.6 is 0 Å². The third-order valence-electron chi connectivity index (χ3n) is 5.90. The van der Waals surface area contributed by atoms with Gasteiger partial charge in [0, 0.05) is 26.1 Å². The van der Waals surface area contributed by atoms with E-state index in [2.05, 4.69) is 38.7 Å². The van der Waals surface area contributed by atoms with Gasteiger partial charge in [0.2, 0.25) is 5.91 Å². The van der Waals surface area contributed by atoms with Crippen molar-refractivity contribution in [1.82, 2.24) is 19.7 Å². The van der Waals surface area contributed by atoms with Crippen molar-refractivity contribution in [3.05, 3.63) is 48.0 Å². The maximum absolute atomic E-state index is 13.1. The molecule has 0 bridgehead atoms. The summed E-state index contributed by atoms with van der Waals surface area (Å²) in [7, 11) is 0. The molecule has 0 unspecified atom stereocenters. The smallest absolute Gasteiger partial charge is 0.233 e. The van der Waals surface area contributed by atoms with Gasteiger partial charge < -0.3 is 9.47 Å². The fourth-order valence-electron chi connectivity index (χ4n) is 4.11. The number of hydrogen-bond acceptors (Lipinski definition) is 3. The zero-order valence-corrected chi connectivity index (χ0v) is 14.9. The van der Waals surface area contributed by atoms with Gasteiger partial charge in [0.1, 0.15) is 12.2 Å². The Kier molecular flexibility index (Phi) is 4.32. The summed E-state index contributed by atoms with van der Waals surface area (Å²) in [6, 6.07) is 10.3. The fraction of sp³-hybridized carbons (Fsp3) is 0.550. The van der Waals surface area contributed by atoms with E-state index in [1.807, 2.05) is 24.5 Å². The van der Waals surface area contributed by atoms with Gasteiger partial charge >= 0.3 is 0 Å². The highest BCUT2D eigenvalue weighted by Crippen LogP contribution is 2.49. The zero-order chi connectivity index (χ0) is 17.3. The number of piperidine rings is 1. The molecule has 1 amide bonds. The Labute approximate surface area is 149 Å². The molecule has 0 N–H and O–H groups in total. The van der Waals surface area contributed by atoms with Crippen molar-refractivity contribution in [2.75, 3.05) is 13.1 Å². The van der Waals surface area contributed by atoms with Crippen LogP contribution in [0.2, 0.25) is 0 Å². The molecule has 2 fully saturated rings. The number of rotatable bonds is 5. The number of aryl methyl sites for hydroxylation is 1. The monoisotopic (exact) mass is 338 g/mol. The molecule has 0 radical (unpaired) electrons. The normalized spacial score (nSPS) is 19.8. The van der Waals surface area contributed by atoms with Gasteiger partial charge in [-0.05, 0) is 44.1 Å². The summed E-state index contributed by atoms with van der Waals surface area (Å²) >= 11 is 0. The van der Waals surface area contributed by atoms with Crippen LogP contribution in [0.5, 0.6) is 0 Å². The second-order valence-corrected chi connectivity index (χ2v) is 7.42. The van der Waals surface area contributed by atoms with Crippen LogP contribution in [0.1, 0.15) is 44.0 Å². The molecule has 2 heterocycles. The number of amides is 1. The van der Waals surface area contributed by atoms with Gasteiger partial charge in [0.15, 0.2) is 0 Å². The summed E-state index contributed by atoms with van der Waals surface area (Å²) in [5, 5.41) is 8.28. The molecule has 2 aromatic rings. The molecule has 2 aliphatic rings. The lowest BCUT2D eigenvalue weighted by Gasteiger charge is -2.34. The van der Waals surface area contributed by atoms with E-state index in [1.54, 1.807) is 0 Å². The van der Waals surface area contributed by atoms with E-state index in [9.17, 15) is 4.79 Å². The minimum atomic E-state index is -0.226. The number of likely N-dealkylation sites (tertiary alicyclic amines) is 1. The number of carbonyl (C=O) groups is 1. The van der Waals surface area contributed by atoms with E-state index in [0.717, 1.165) is 57.6 Å². The van der Waals surface area contributed by atoms with Gasteiger partial charge in [-0.1, -0.05) is 30.3 Å². The van der Waals surface area contributed by atoms with Gasteiger partial charge in [-0.15, -0.1) is 10.2 Å². The highest BCUT2D eigenvalue weighted by atomic mass is 16.2. The first-order valence-electron chi connectivity index (χ1n) is 9.44. The number of benzene rings is 1. The van der Waals surface area contributed by atoms with Gasteiger partial charge in [0.25, 0.3) is 0 Å². The first-order chi connectivity index (χ1) is 12.2. The lowest BCUT2D eigenvalue weighted by Crippen LogP contribution is -2.44. The lowest BCUT2D eigenvalue weighted by atomic mass is 9.90. The van der Waals surface area contributed by atoms with E-state index in [-0.39, 0.29) is 5.41 Å². The predicted molar refractivity (Wildman–Crippen MR) is 96.1 cm³/mol. The molecule has 1 aliphatic heterocycles. The summed E-state index contributed by atoms with van der Waals surface area (Å²) in [5.74, 6) is 2.02. The Hall–Kier alpha value is -2.17. The Morgan fingerprint density at radius 3 is 2.56 bits per heavy atom. The molecule has 0 spiro atoms. The first-order valence-corrected chi connectivity index (χ1v) is 9.44. The second kappa shape index (κ2) is 6.62. The van der Waals surface area contributed by atoms with Crippen LogP contribution < -0.4 is 0 Å². The average molecular weight is 338 g/mol. The van der Waals surface area contributed by atoms with Crippen LogP contribution in [0.25, 0.3) is 0 Å². The van der Waals surface area contributed by atoms with Crippen molar-refractivity contribution in [2.45, 2.75) is 51.0 Å². The topological polar surface area (TPSA) is 51.0 Å². The van der Waals surface area contributed by atoms with Gasteiger partial charge in [-0.25, -0.2) is 0 Å². The standard InChI is InChI=1S/C20H26N4O/c1-2-23-15-21-22-18(23)14-16-8-12-24(13-9-16)19(25)20(10-11-20)17-6-4-3-5-7-17/h3-7,15-16H,2,8-14H2,1H3. The number of carbonyl (C=O) groups excluding carboxylic acids is 1. The van der Waals surface area contributed by atoms with E-state index >= 15 is 0 Å².